The van der Waals surface area contributed by atoms with Crippen LogP contribution < -0.4 is 5.73 Å². The maximum atomic E-state index is 10.7. The molecule has 1 heterocycles. The zero-order valence-corrected chi connectivity index (χ0v) is 8.02. The molecule has 0 aliphatic rings. The van der Waals surface area contributed by atoms with E-state index < -0.39 is 4.92 Å². The first-order valence-corrected chi connectivity index (χ1v) is 4.06. The number of hydrogen-bond acceptors (Lipinski definition) is 4. The Labute approximate surface area is 81.4 Å². The Morgan fingerprint density at radius 1 is 1.57 bits per heavy atom. The van der Waals surface area contributed by atoms with Gasteiger partial charge in [-0.3, -0.25) is 10.1 Å². The van der Waals surface area contributed by atoms with Crippen molar-refractivity contribution in [1.29, 1.82) is 0 Å². The summed E-state index contributed by atoms with van der Waals surface area (Å²) in [5, 5.41) is 10.7. The third kappa shape index (κ3) is 1.87. The van der Waals surface area contributed by atoms with Crippen LogP contribution >= 0.6 is 0 Å². The van der Waals surface area contributed by atoms with E-state index in [-0.39, 0.29) is 5.69 Å². The molecule has 5 nitrogen and oxygen atoms in total. The van der Waals surface area contributed by atoms with E-state index in [2.05, 4.69) is 4.98 Å². The summed E-state index contributed by atoms with van der Waals surface area (Å²) in [6.45, 7) is 3.40. The molecule has 0 atom stereocenters. The summed E-state index contributed by atoms with van der Waals surface area (Å²) < 4.78 is 0. The zero-order valence-electron chi connectivity index (χ0n) is 8.02. The molecule has 0 aliphatic carbocycles. The Hall–Kier alpha value is -1.91. The SMILES string of the molecule is CC(N)=C(C)c1ncccc1[N+](=O)[O-]. The summed E-state index contributed by atoms with van der Waals surface area (Å²) >= 11 is 0. The molecule has 0 saturated carbocycles. The van der Waals surface area contributed by atoms with Crippen molar-refractivity contribution in [2.45, 2.75) is 13.8 Å². The Balaban J connectivity index is 3.35. The van der Waals surface area contributed by atoms with Crippen LogP contribution in [0.3, 0.4) is 0 Å². The highest BCUT2D eigenvalue weighted by Gasteiger charge is 2.15. The lowest BCUT2D eigenvalue weighted by atomic mass is 10.1. The lowest BCUT2D eigenvalue weighted by Crippen LogP contribution is -2.01. The molecule has 2 N–H and O–H groups in total. The zero-order chi connectivity index (χ0) is 10.7. The van der Waals surface area contributed by atoms with Crippen molar-refractivity contribution in [2.24, 2.45) is 5.73 Å². The largest absolute Gasteiger partial charge is 0.402 e. The second kappa shape index (κ2) is 3.87. The van der Waals surface area contributed by atoms with Crippen molar-refractivity contribution in [3.05, 3.63) is 39.8 Å². The molecule has 0 aliphatic heterocycles. The highest BCUT2D eigenvalue weighted by molar-refractivity contribution is 5.69. The van der Waals surface area contributed by atoms with Gasteiger partial charge < -0.3 is 5.73 Å². The smallest absolute Gasteiger partial charge is 0.295 e. The van der Waals surface area contributed by atoms with Gasteiger partial charge >= 0.3 is 0 Å². The molecular weight excluding hydrogens is 182 g/mol. The van der Waals surface area contributed by atoms with Crippen LogP contribution in [-0.2, 0) is 0 Å². The molecule has 0 radical (unpaired) electrons. The maximum absolute atomic E-state index is 10.7. The lowest BCUT2D eigenvalue weighted by Gasteiger charge is -2.03. The summed E-state index contributed by atoms with van der Waals surface area (Å²) in [4.78, 5) is 14.1. The first kappa shape index (κ1) is 10.2. The van der Waals surface area contributed by atoms with Gasteiger partial charge in [0.1, 0.15) is 5.69 Å². The van der Waals surface area contributed by atoms with Crippen molar-refractivity contribution >= 4 is 11.3 Å². The van der Waals surface area contributed by atoms with Crippen molar-refractivity contribution < 1.29 is 4.92 Å². The van der Waals surface area contributed by atoms with Crippen molar-refractivity contribution in [3.8, 4) is 0 Å². The standard InChI is InChI=1S/C9H11N3O2/c1-6(7(2)10)9-8(12(13)14)4-3-5-11-9/h3-5H,10H2,1-2H3. The van der Waals surface area contributed by atoms with Gasteiger partial charge in [-0.2, -0.15) is 0 Å². The number of nitrogens with zero attached hydrogens (tertiary/aromatic N) is 2. The number of rotatable bonds is 2. The summed E-state index contributed by atoms with van der Waals surface area (Å²) in [5.74, 6) is 0. The van der Waals surface area contributed by atoms with E-state index in [1.54, 1.807) is 13.8 Å². The van der Waals surface area contributed by atoms with E-state index in [0.717, 1.165) is 0 Å². The van der Waals surface area contributed by atoms with Crippen LogP contribution in [0, 0.1) is 10.1 Å². The van der Waals surface area contributed by atoms with Gasteiger partial charge in [-0.1, -0.05) is 0 Å². The average molecular weight is 193 g/mol. The second-order valence-corrected chi connectivity index (χ2v) is 2.94. The van der Waals surface area contributed by atoms with Gasteiger partial charge in [0.05, 0.1) is 4.92 Å². The summed E-state index contributed by atoms with van der Waals surface area (Å²) in [7, 11) is 0. The number of aromatic nitrogens is 1. The molecule has 0 aromatic carbocycles. The van der Waals surface area contributed by atoms with Crippen LogP contribution in [0.1, 0.15) is 19.5 Å². The molecule has 0 unspecified atom stereocenters. The van der Waals surface area contributed by atoms with Crippen LogP contribution in [0.4, 0.5) is 5.69 Å². The normalized spacial score (nSPS) is 12.1. The molecule has 1 rings (SSSR count). The Bertz CT molecular complexity index is 395. The predicted octanol–water partition coefficient (Wildman–Crippen LogP) is 1.70. The molecule has 74 valence electrons. The fourth-order valence-corrected chi connectivity index (χ4v) is 1.02. The summed E-state index contributed by atoms with van der Waals surface area (Å²) in [5.41, 5.74) is 7.04. The van der Waals surface area contributed by atoms with E-state index in [9.17, 15) is 10.1 Å². The van der Waals surface area contributed by atoms with E-state index in [1.807, 2.05) is 0 Å². The highest BCUT2D eigenvalue weighted by Crippen LogP contribution is 2.23. The monoisotopic (exact) mass is 193 g/mol. The molecule has 0 amide bonds. The molecular formula is C9H11N3O2. The minimum atomic E-state index is -0.464. The van der Waals surface area contributed by atoms with Crippen LogP contribution in [0.25, 0.3) is 5.57 Å². The highest BCUT2D eigenvalue weighted by atomic mass is 16.6. The van der Waals surface area contributed by atoms with Crippen LogP contribution in [0.2, 0.25) is 0 Å². The average Bonchev–Trinajstić information content (AvgIpc) is 2.16. The molecule has 0 fully saturated rings. The number of nitrogens with two attached hydrogens (primary N) is 1. The van der Waals surface area contributed by atoms with Gasteiger partial charge in [0.15, 0.2) is 0 Å². The van der Waals surface area contributed by atoms with Crippen LogP contribution in [0.5, 0.6) is 0 Å². The fourth-order valence-electron chi connectivity index (χ4n) is 1.02. The van der Waals surface area contributed by atoms with Gasteiger partial charge in [0, 0.05) is 23.5 Å². The molecule has 5 heteroatoms. The molecule has 0 bridgehead atoms. The van der Waals surface area contributed by atoms with Crippen LogP contribution in [-0.4, -0.2) is 9.91 Å². The number of hydrogen-bond donors (Lipinski definition) is 1. The number of nitro groups is 1. The minimum absolute atomic E-state index is 0.0187. The molecule has 14 heavy (non-hydrogen) atoms. The van der Waals surface area contributed by atoms with Gasteiger partial charge in [-0.15, -0.1) is 0 Å². The third-order valence-corrected chi connectivity index (χ3v) is 1.93. The van der Waals surface area contributed by atoms with Gasteiger partial charge in [0.25, 0.3) is 5.69 Å². The summed E-state index contributed by atoms with van der Waals surface area (Å²) in [6, 6.07) is 2.94. The number of pyridine rings is 1. The van der Waals surface area contributed by atoms with Gasteiger partial charge in [-0.25, -0.2) is 4.98 Å². The lowest BCUT2D eigenvalue weighted by molar-refractivity contribution is -0.385. The van der Waals surface area contributed by atoms with Crippen molar-refractivity contribution in [3.63, 3.8) is 0 Å². The Morgan fingerprint density at radius 2 is 2.21 bits per heavy atom. The first-order chi connectivity index (χ1) is 6.54. The predicted molar refractivity (Wildman–Crippen MR) is 53.3 cm³/mol. The van der Waals surface area contributed by atoms with Crippen molar-refractivity contribution in [2.75, 3.05) is 0 Å². The van der Waals surface area contributed by atoms with E-state index >= 15 is 0 Å². The van der Waals surface area contributed by atoms with E-state index in [1.165, 1.54) is 18.3 Å². The van der Waals surface area contributed by atoms with E-state index in [4.69, 9.17) is 5.73 Å². The van der Waals surface area contributed by atoms with Crippen LogP contribution in [0.15, 0.2) is 24.0 Å². The minimum Gasteiger partial charge on any atom is -0.402 e. The maximum Gasteiger partial charge on any atom is 0.295 e. The quantitative estimate of drug-likeness (QED) is 0.572. The number of allylic oxidation sites excluding steroid dienone is 2. The molecule has 1 aromatic heterocycles. The topological polar surface area (TPSA) is 82.0 Å². The Morgan fingerprint density at radius 3 is 2.71 bits per heavy atom. The molecule has 0 spiro atoms. The first-order valence-electron chi connectivity index (χ1n) is 4.06. The Kier molecular flexibility index (Phi) is 2.81. The van der Waals surface area contributed by atoms with E-state index in [0.29, 0.717) is 17.0 Å². The fraction of sp³-hybridized carbons (Fsp3) is 0.222. The van der Waals surface area contributed by atoms with Gasteiger partial charge in [0.2, 0.25) is 0 Å². The molecule has 1 aromatic rings. The second-order valence-electron chi connectivity index (χ2n) is 2.94. The van der Waals surface area contributed by atoms with Crippen molar-refractivity contribution in [1.82, 2.24) is 4.98 Å². The summed E-state index contributed by atoms with van der Waals surface area (Å²) in [6.07, 6.45) is 1.51. The molecule has 0 saturated heterocycles. The van der Waals surface area contributed by atoms with Gasteiger partial charge in [-0.05, 0) is 19.9 Å². The third-order valence-electron chi connectivity index (χ3n) is 1.93.